The van der Waals surface area contributed by atoms with E-state index < -0.39 is 0 Å². The Morgan fingerprint density at radius 2 is 1.00 bits per heavy atom. The van der Waals surface area contributed by atoms with Gasteiger partial charge in [-0.1, -0.05) is 133 Å². The van der Waals surface area contributed by atoms with Crippen molar-refractivity contribution in [2.45, 2.75) is 6.92 Å². The lowest BCUT2D eigenvalue weighted by Gasteiger charge is -2.15. The third-order valence-electron chi connectivity index (χ3n) is 12.0. The zero-order chi connectivity index (χ0) is 38.1. The number of nitrogens with zero attached hydrogens (tertiary/aromatic N) is 5. The molecule has 0 saturated carbocycles. The van der Waals surface area contributed by atoms with E-state index in [1.807, 2.05) is 66.7 Å². The number of fused-ring (bicyclic) bond motifs is 13. The van der Waals surface area contributed by atoms with Gasteiger partial charge in [-0.2, -0.15) is 0 Å². The number of para-hydroxylation sites is 4. The molecule has 0 N–H and O–H groups in total. The van der Waals surface area contributed by atoms with Gasteiger partial charge >= 0.3 is 0 Å². The van der Waals surface area contributed by atoms with Gasteiger partial charge in [0.05, 0.1) is 33.3 Å². The van der Waals surface area contributed by atoms with E-state index in [-0.39, 0.29) is 0 Å². The molecule has 0 atom stereocenters. The number of benzene rings is 8. The highest BCUT2D eigenvalue weighted by Crippen LogP contribution is 2.47. The summed E-state index contributed by atoms with van der Waals surface area (Å²) in [5.74, 6) is 1.85. The summed E-state index contributed by atoms with van der Waals surface area (Å²) < 4.78 is 11.8. The van der Waals surface area contributed by atoms with Gasteiger partial charge in [0, 0.05) is 59.8 Å². The van der Waals surface area contributed by atoms with Gasteiger partial charge in [0.2, 0.25) is 0 Å². The molecule has 6 nitrogen and oxygen atoms in total. The van der Waals surface area contributed by atoms with Gasteiger partial charge in [0.15, 0.2) is 23.1 Å². The van der Waals surface area contributed by atoms with Crippen LogP contribution in [-0.2, 0) is 0 Å². The first-order valence-corrected chi connectivity index (χ1v) is 19.6. The first-order chi connectivity index (χ1) is 28.7. The summed E-state index contributed by atoms with van der Waals surface area (Å²) in [6, 6.07) is 59.7. The highest BCUT2D eigenvalue weighted by Gasteiger charge is 2.27. The van der Waals surface area contributed by atoms with Crippen LogP contribution in [0.4, 0.5) is 0 Å². The molecule has 0 spiro atoms. The molecular weight excluding hydrogens is 711 g/mol. The summed E-state index contributed by atoms with van der Waals surface area (Å²) in [6.07, 6.45) is 0. The summed E-state index contributed by atoms with van der Waals surface area (Å²) in [6.45, 7) is 2.17. The lowest BCUT2D eigenvalue weighted by atomic mass is 9.99. The van der Waals surface area contributed by atoms with Crippen LogP contribution in [0.15, 0.2) is 174 Å². The fourth-order valence-corrected chi connectivity index (χ4v) is 9.63. The van der Waals surface area contributed by atoms with E-state index in [0.29, 0.717) is 17.5 Å². The van der Waals surface area contributed by atoms with Crippen LogP contribution in [0.1, 0.15) is 5.56 Å². The van der Waals surface area contributed by atoms with E-state index in [0.717, 1.165) is 60.9 Å². The van der Waals surface area contributed by atoms with Gasteiger partial charge in [-0.25, -0.2) is 15.0 Å². The standard InChI is InChI=1S/C52H31N5O/c1-30-29-42(56-39-25-12-9-20-35(39)45-40(56)27-28-41-46(45)37-23-14-22-34-33-19-8-11-24-38(33)57(41)48(34)37)49-47(36-21-10-13-26-43(36)58-49)44(30)52-54-50(31-15-4-2-5-16-31)53-51(55-52)32-17-6-3-7-18-32/h2-29H,1H3. The maximum Gasteiger partial charge on any atom is 0.165 e. The fourth-order valence-electron chi connectivity index (χ4n) is 9.63. The van der Waals surface area contributed by atoms with Crippen molar-refractivity contribution in [1.82, 2.24) is 23.9 Å². The molecule has 0 aliphatic rings. The minimum Gasteiger partial charge on any atom is -0.454 e. The topological polar surface area (TPSA) is 61.2 Å². The molecular formula is C52H31N5O. The van der Waals surface area contributed by atoms with Crippen LogP contribution in [0.3, 0.4) is 0 Å². The second-order valence-electron chi connectivity index (χ2n) is 15.2. The Morgan fingerprint density at radius 1 is 0.431 bits per heavy atom. The normalized spacial score (nSPS) is 12.2. The third kappa shape index (κ3) is 4.18. The van der Waals surface area contributed by atoms with Gasteiger partial charge in [0.1, 0.15) is 5.58 Å². The maximum absolute atomic E-state index is 6.98. The predicted molar refractivity (Wildman–Crippen MR) is 237 cm³/mol. The summed E-state index contributed by atoms with van der Waals surface area (Å²) in [5, 5.41) is 9.51. The van der Waals surface area contributed by atoms with Gasteiger partial charge in [-0.3, -0.25) is 0 Å². The molecule has 0 amide bonds. The quantitative estimate of drug-likeness (QED) is 0.180. The second-order valence-corrected chi connectivity index (χ2v) is 15.2. The smallest absolute Gasteiger partial charge is 0.165 e. The Morgan fingerprint density at radius 3 is 1.76 bits per heavy atom. The van der Waals surface area contributed by atoms with Crippen LogP contribution in [0.25, 0.3) is 122 Å². The third-order valence-corrected chi connectivity index (χ3v) is 12.0. The number of furan rings is 1. The van der Waals surface area contributed by atoms with E-state index in [1.54, 1.807) is 0 Å². The fraction of sp³-hybridized carbons (Fsp3) is 0.0192. The minimum absolute atomic E-state index is 0.607. The van der Waals surface area contributed by atoms with E-state index in [4.69, 9.17) is 19.4 Å². The van der Waals surface area contributed by atoms with Gasteiger partial charge in [-0.15, -0.1) is 0 Å². The predicted octanol–water partition coefficient (Wildman–Crippen LogP) is 13.3. The molecule has 6 heteroatoms. The Balaban J connectivity index is 1.15. The van der Waals surface area contributed by atoms with Crippen LogP contribution in [0.5, 0.6) is 0 Å². The van der Waals surface area contributed by atoms with Gasteiger partial charge < -0.3 is 13.4 Å². The Bertz CT molecular complexity index is 3740. The zero-order valence-electron chi connectivity index (χ0n) is 31.3. The van der Waals surface area contributed by atoms with E-state index in [1.165, 1.54) is 48.9 Å². The first-order valence-electron chi connectivity index (χ1n) is 19.6. The highest BCUT2D eigenvalue weighted by molar-refractivity contribution is 6.33. The van der Waals surface area contributed by atoms with Crippen LogP contribution in [-0.4, -0.2) is 23.9 Å². The molecule has 0 aliphatic carbocycles. The largest absolute Gasteiger partial charge is 0.454 e. The molecule has 5 aromatic heterocycles. The first kappa shape index (κ1) is 31.4. The summed E-state index contributed by atoms with van der Waals surface area (Å²) in [5.41, 5.74) is 12.3. The van der Waals surface area contributed by atoms with Crippen molar-refractivity contribution in [1.29, 1.82) is 0 Å². The average Bonchev–Trinajstić information content (AvgIpc) is 4.03. The van der Waals surface area contributed by atoms with Crippen LogP contribution < -0.4 is 0 Å². The molecule has 0 unspecified atom stereocenters. The van der Waals surface area contributed by atoms with Gasteiger partial charge in [0.25, 0.3) is 0 Å². The number of rotatable bonds is 4. The minimum atomic E-state index is 0.607. The van der Waals surface area contributed by atoms with Crippen molar-refractivity contribution in [3.05, 3.63) is 175 Å². The lowest BCUT2D eigenvalue weighted by Crippen LogP contribution is -2.03. The summed E-state index contributed by atoms with van der Waals surface area (Å²) >= 11 is 0. The number of aromatic nitrogens is 5. The molecule has 0 fully saturated rings. The van der Waals surface area contributed by atoms with E-state index in [9.17, 15) is 0 Å². The maximum atomic E-state index is 6.98. The molecule has 270 valence electrons. The average molecular weight is 742 g/mol. The van der Waals surface area contributed by atoms with Crippen LogP contribution >= 0.6 is 0 Å². The van der Waals surface area contributed by atoms with E-state index in [2.05, 4.69) is 119 Å². The Hall–Kier alpha value is -7.83. The van der Waals surface area contributed by atoms with E-state index >= 15 is 0 Å². The Labute approximate surface area is 331 Å². The Kier molecular flexibility index (Phi) is 6.28. The van der Waals surface area contributed by atoms with Gasteiger partial charge in [-0.05, 0) is 48.9 Å². The molecule has 0 bridgehead atoms. The van der Waals surface area contributed by atoms with Crippen LogP contribution in [0, 0.1) is 6.92 Å². The second kappa shape index (κ2) is 11.6. The van der Waals surface area contributed by atoms with Crippen molar-refractivity contribution in [3.8, 4) is 39.9 Å². The van der Waals surface area contributed by atoms with Crippen molar-refractivity contribution in [2.75, 3.05) is 0 Å². The molecule has 13 aromatic rings. The summed E-state index contributed by atoms with van der Waals surface area (Å²) in [4.78, 5) is 15.4. The summed E-state index contributed by atoms with van der Waals surface area (Å²) in [7, 11) is 0. The lowest BCUT2D eigenvalue weighted by molar-refractivity contribution is 0.666. The SMILES string of the molecule is Cc1cc(-n2c3ccccc3c3c4c5cccc6c7ccccc7n(c4ccc32)c65)c2oc3ccccc3c2c1-c1nc(-c2ccccc2)nc(-c2ccccc2)n1. The molecule has 13 rings (SSSR count). The molecule has 8 aromatic carbocycles. The molecule has 0 aliphatic heterocycles. The van der Waals surface area contributed by atoms with Crippen molar-refractivity contribution in [3.63, 3.8) is 0 Å². The zero-order valence-corrected chi connectivity index (χ0v) is 31.3. The number of aryl methyl sites for hydroxylation is 1. The molecule has 0 radical (unpaired) electrons. The molecule has 58 heavy (non-hydrogen) atoms. The van der Waals surface area contributed by atoms with Crippen molar-refractivity contribution < 1.29 is 4.42 Å². The monoisotopic (exact) mass is 741 g/mol. The number of hydrogen-bond acceptors (Lipinski definition) is 4. The molecule has 0 saturated heterocycles. The number of hydrogen-bond donors (Lipinski definition) is 0. The molecule has 5 heterocycles. The highest BCUT2D eigenvalue weighted by atomic mass is 16.3. The van der Waals surface area contributed by atoms with Crippen molar-refractivity contribution in [2.24, 2.45) is 0 Å². The van der Waals surface area contributed by atoms with Crippen molar-refractivity contribution >= 4 is 81.8 Å². The van der Waals surface area contributed by atoms with Crippen LogP contribution in [0.2, 0.25) is 0 Å².